The number of aromatic amines is 1. The molecule has 0 bridgehead atoms. The molecule has 174 valence electrons. The molecule has 1 saturated heterocycles. The molecule has 7 heteroatoms. The minimum absolute atomic E-state index is 0.0298. The predicted molar refractivity (Wildman–Crippen MR) is 134 cm³/mol. The first kappa shape index (κ1) is 21.4. The SMILES string of the molecule is N#Cc1c(N2CCN(C(=O)c3ccc4cc[nH]c4c3)CC2)nc(-c2ccccc2)c2c1CCOC2. The minimum atomic E-state index is 0.0298. The van der Waals surface area contributed by atoms with Crippen LogP contribution in [0, 0.1) is 11.3 Å². The van der Waals surface area contributed by atoms with Crippen LogP contribution in [0.25, 0.3) is 22.2 Å². The van der Waals surface area contributed by atoms with Crippen molar-refractivity contribution in [1.29, 1.82) is 5.26 Å². The number of pyridine rings is 1. The van der Waals surface area contributed by atoms with E-state index in [0.717, 1.165) is 33.3 Å². The number of amides is 1. The number of fused-ring (bicyclic) bond motifs is 2. The summed E-state index contributed by atoms with van der Waals surface area (Å²) >= 11 is 0. The molecule has 0 saturated carbocycles. The van der Waals surface area contributed by atoms with Crippen LogP contribution in [-0.4, -0.2) is 53.6 Å². The molecule has 0 unspecified atom stereocenters. The number of hydrogen-bond donors (Lipinski definition) is 1. The molecule has 2 aromatic heterocycles. The first-order chi connectivity index (χ1) is 17.2. The van der Waals surface area contributed by atoms with Gasteiger partial charge in [-0.15, -0.1) is 0 Å². The van der Waals surface area contributed by atoms with Crippen LogP contribution in [0.2, 0.25) is 0 Å². The fourth-order valence-electron chi connectivity index (χ4n) is 5.10. The number of benzene rings is 2. The Hall–Kier alpha value is -4.15. The van der Waals surface area contributed by atoms with Gasteiger partial charge in [0.05, 0.1) is 24.5 Å². The van der Waals surface area contributed by atoms with Gasteiger partial charge < -0.3 is 19.5 Å². The summed E-state index contributed by atoms with van der Waals surface area (Å²) in [6, 6.07) is 20.3. The maximum absolute atomic E-state index is 13.2. The number of anilines is 1. The van der Waals surface area contributed by atoms with Gasteiger partial charge in [-0.2, -0.15) is 5.26 Å². The zero-order valence-corrected chi connectivity index (χ0v) is 19.3. The number of hydrogen-bond acceptors (Lipinski definition) is 5. The Labute approximate surface area is 203 Å². The summed E-state index contributed by atoms with van der Waals surface area (Å²) in [6.45, 7) is 3.48. The lowest BCUT2D eigenvalue weighted by Crippen LogP contribution is -2.49. The lowest BCUT2D eigenvalue weighted by molar-refractivity contribution is 0.0746. The molecule has 0 radical (unpaired) electrons. The van der Waals surface area contributed by atoms with Crippen molar-refractivity contribution in [3.8, 4) is 17.3 Å². The highest BCUT2D eigenvalue weighted by Gasteiger charge is 2.29. The highest BCUT2D eigenvalue weighted by molar-refractivity contribution is 5.98. The zero-order valence-electron chi connectivity index (χ0n) is 19.3. The van der Waals surface area contributed by atoms with E-state index in [2.05, 4.69) is 16.0 Å². The van der Waals surface area contributed by atoms with Gasteiger partial charge in [-0.25, -0.2) is 4.98 Å². The Morgan fingerprint density at radius 3 is 2.66 bits per heavy atom. The normalized spacial score (nSPS) is 15.6. The van der Waals surface area contributed by atoms with Gasteiger partial charge in [0.1, 0.15) is 11.9 Å². The van der Waals surface area contributed by atoms with Gasteiger partial charge in [0.2, 0.25) is 0 Å². The molecular formula is C28H25N5O2. The molecule has 4 aromatic rings. The lowest BCUT2D eigenvalue weighted by Gasteiger charge is -2.37. The Morgan fingerprint density at radius 2 is 1.86 bits per heavy atom. The fraction of sp³-hybridized carbons (Fsp3) is 0.250. The number of H-pyrrole nitrogens is 1. The Kier molecular flexibility index (Phi) is 5.44. The van der Waals surface area contributed by atoms with E-state index in [4.69, 9.17) is 9.72 Å². The van der Waals surface area contributed by atoms with E-state index in [1.807, 2.05) is 65.7 Å². The number of piperazine rings is 1. The molecule has 1 N–H and O–H groups in total. The van der Waals surface area contributed by atoms with Crippen molar-refractivity contribution in [3.05, 3.63) is 83.0 Å². The molecule has 2 aliphatic rings. The largest absolute Gasteiger partial charge is 0.376 e. The molecule has 1 fully saturated rings. The van der Waals surface area contributed by atoms with Gasteiger partial charge in [-0.1, -0.05) is 36.4 Å². The number of carbonyl (C=O) groups excluding carboxylic acids is 1. The van der Waals surface area contributed by atoms with Crippen LogP contribution in [0.3, 0.4) is 0 Å². The monoisotopic (exact) mass is 463 g/mol. The third-order valence-corrected chi connectivity index (χ3v) is 6.96. The number of nitrogens with one attached hydrogen (secondary N) is 1. The molecule has 0 aliphatic carbocycles. The third kappa shape index (κ3) is 3.82. The van der Waals surface area contributed by atoms with Crippen LogP contribution in [0.15, 0.2) is 60.8 Å². The van der Waals surface area contributed by atoms with Gasteiger partial charge in [0.25, 0.3) is 5.91 Å². The first-order valence-electron chi connectivity index (χ1n) is 11.9. The predicted octanol–water partition coefficient (Wildman–Crippen LogP) is 4.14. The second kappa shape index (κ2) is 8.90. The number of carbonyl (C=O) groups is 1. The van der Waals surface area contributed by atoms with E-state index >= 15 is 0 Å². The summed E-state index contributed by atoms with van der Waals surface area (Å²) in [5.41, 5.74) is 6.24. The highest BCUT2D eigenvalue weighted by atomic mass is 16.5. The molecule has 4 heterocycles. The average molecular weight is 464 g/mol. The number of nitrogens with zero attached hydrogens (tertiary/aromatic N) is 4. The lowest BCUT2D eigenvalue weighted by atomic mass is 9.93. The molecular weight excluding hydrogens is 438 g/mol. The summed E-state index contributed by atoms with van der Waals surface area (Å²) in [5, 5.41) is 11.2. The maximum Gasteiger partial charge on any atom is 0.254 e. The van der Waals surface area contributed by atoms with Gasteiger partial charge in [-0.3, -0.25) is 4.79 Å². The van der Waals surface area contributed by atoms with Crippen molar-refractivity contribution in [2.24, 2.45) is 0 Å². The van der Waals surface area contributed by atoms with Crippen molar-refractivity contribution >= 4 is 22.6 Å². The molecule has 6 rings (SSSR count). The van der Waals surface area contributed by atoms with Crippen molar-refractivity contribution in [2.45, 2.75) is 13.0 Å². The summed E-state index contributed by atoms with van der Waals surface area (Å²) in [6.07, 6.45) is 2.58. The van der Waals surface area contributed by atoms with Crippen molar-refractivity contribution in [1.82, 2.24) is 14.9 Å². The summed E-state index contributed by atoms with van der Waals surface area (Å²) in [5.74, 6) is 0.745. The second-order valence-corrected chi connectivity index (χ2v) is 8.96. The van der Waals surface area contributed by atoms with Crippen molar-refractivity contribution in [3.63, 3.8) is 0 Å². The van der Waals surface area contributed by atoms with E-state index in [1.165, 1.54) is 0 Å². The Morgan fingerprint density at radius 1 is 1.03 bits per heavy atom. The molecule has 2 aliphatic heterocycles. The fourth-order valence-corrected chi connectivity index (χ4v) is 5.10. The number of ether oxygens (including phenoxy) is 1. The highest BCUT2D eigenvalue weighted by Crippen LogP contribution is 2.35. The Bertz CT molecular complexity index is 1450. The van der Waals surface area contributed by atoms with Gasteiger partial charge in [-0.05, 0) is 35.6 Å². The average Bonchev–Trinajstić information content (AvgIpc) is 3.40. The van der Waals surface area contributed by atoms with Crippen LogP contribution in [-0.2, 0) is 17.8 Å². The van der Waals surface area contributed by atoms with E-state index in [0.29, 0.717) is 62.8 Å². The topological polar surface area (TPSA) is 85.3 Å². The van der Waals surface area contributed by atoms with E-state index < -0.39 is 0 Å². The van der Waals surface area contributed by atoms with Gasteiger partial charge >= 0.3 is 0 Å². The second-order valence-electron chi connectivity index (χ2n) is 8.96. The smallest absolute Gasteiger partial charge is 0.254 e. The summed E-state index contributed by atoms with van der Waals surface area (Å²) in [4.78, 5) is 25.4. The Balaban J connectivity index is 1.29. The quantitative estimate of drug-likeness (QED) is 0.494. The molecule has 0 spiro atoms. The van der Waals surface area contributed by atoms with Crippen LogP contribution in [0.1, 0.15) is 27.0 Å². The summed E-state index contributed by atoms with van der Waals surface area (Å²) in [7, 11) is 0. The van der Waals surface area contributed by atoms with Crippen LogP contribution in [0.4, 0.5) is 5.82 Å². The summed E-state index contributed by atoms with van der Waals surface area (Å²) < 4.78 is 5.74. The van der Waals surface area contributed by atoms with Crippen molar-refractivity contribution < 1.29 is 9.53 Å². The van der Waals surface area contributed by atoms with Crippen LogP contribution in [0.5, 0.6) is 0 Å². The number of nitriles is 1. The first-order valence-corrected chi connectivity index (χ1v) is 11.9. The number of aromatic nitrogens is 2. The zero-order chi connectivity index (χ0) is 23.8. The molecule has 0 atom stereocenters. The number of rotatable bonds is 3. The van der Waals surface area contributed by atoms with Crippen LogP contribution >= 0.6 is 0 Å². The maximum atomic E-state index is 13.2. The third-order valence-electron chi connectivity index (χ3n) is 6.96. The molecule has 1 amide bonds. The molecule has 35 heavy (non-hydrogen) atoms. The molecule has 7 nitrogen and oxygen atoms in total. The van der Waals surface area contributed by atoms with E-state index in [-0.39, 0.29) is 5.91 Å². The molecule has 2 aromatic carbocycles. The van der Waals surface area contributed by atoms with Crippen molar-refractivity contribution in [2.75, 3.05) is 37.7 Å². The minimum Gasteiger partial charge on any atom is -0.376 e. The van der Waals surface area contributed by atoms with Crippen LogP contribution < -0.4 is 4.90 Å². The van der Waals surface area contributed by atoms with E-state index in [9.17, 15) is 10.1 Å². The van der Waals surface area contributed by atoms with Gasteiger partial charge in [0, 0.05) is 54.6 Å². The van der Waals surface area contributed by atoms with Gasteiger partial charge in [0.15, 0.2) is 0 Å². The van der Waals surface area contributed by atoms with E-state index in [1.54, 1.807) is 0 Å². The standard InChI is InChI=1S/C28H25N5O2/c29-17-23-22-9-15-35-18-24(22)26(20-4-2-1-3-5-20)31-27(23)32-11-13-33(14-12-32)28(34)21-7-6-19-8-10-30-25(19)16-21/h1-8,10,16,30H,9,11-15,18H2.